The van der Waals surface area contributed by atoms with Gasteiger partial charge in [-0.3, -0.25) is 0 Å². The van der Waals surface area contributed by atoms with Gasteiger partial charge in [0.05, 0.1) is 5.02 Å². The Bertz CT molecular complexity index is 730. The molecule has 3 rings (SSSR count). The van der Waals surface area contributed by atoms with Crippen molar-refractivity contribution < 1.29 is 4.39 Å². The second-order valence-electron chi connectivity index (χ2n) is 5.04. The molecule has 22 heavy (non-hydrogen) atoms. The molecular weight excluding hydrogens is 305 g/mol. The average Bonchev–Trinajstić information content (AvgIpc) is 2.99. The number of aromatic nitrogens is 2. The molecule has 0 amide bonds. The van der Waals surface area contributed by atoms with Gasteiger partial charge in [-0.1, -0.05) is 11.6 Å². The summed E-state index contributed by atoms with van der Waals surface area (Å²) >= 11 is 5.83. The quantitative estimate of drug-likeness (QED) is 0.943. The number of hydrogen-bond donors (Lipinski definition) is 1. The molecule has 2 heterocycles. The highest BCUT2D eigenvalue weighted by molar-refractivity contribution is 6.31. The summed E-state index contributed by atoms with van der Waals surface area (Å²) in [5.41, 5.74) is 1.17. The zero-order valence-electron chi connectivity index (χ0n) is 11.6. The Kier molecular flexibility index (Phi) is 4.07. The number of hydrogen-bond acceptors (Lipinski definition) is 5. The molecule has 1 atom stereocenters. The van der Waals surface area contributed by atoms with Gasteiger partial charge in [-0.15, -0.1) is 0 Å². The Morgan fingerprint density at radius 2 is 2.18 bits per heavy atom. The first-order valence-electron chi connectivity index (χ1n) is 6.85. The second kappa shape index (κ2) is 6.16. The van der Waals surface area contributed by atoms with Crippen molar-refractivity contribution >= 4 is 23.1 Å². The fourth-order valence-corrected chi connectivity index (χ4v) is 2.69. The normalized spacial score (nSPS) is 17.3. The maximum absolute atomic E-state index is 13.2. The largest absolute Gasteiger partial charge is 0.369 e. The van der Waals surface area contributed by atoms with Crippen LogP contribution in [0.25, 0.3) is 0 Å². The van der Waals surface area contributed by atoms with Crippen LogP contribution in [0.5, 0.6) is 0 Å². The average molecular weight is 318 g/mol. The molecule has 2 aromatic rings. The van der Waals surface area contributed by atoms with Crippen molar-refractivity contribution in [3.8, 4) is 6.07 Å². The lowest BCUT2D eigenvalue weighted by Gasteiger charge is -2.19. The summed E-state index contributed by atoms with van der Waals surface area (Å²) in [7, 11) is 0. The summed E-state index contributed by atoms with van der Waals surface area (Å²) < 4.78 is 13.2. The zero-order valence-corrected chi connectivity index (χ0v) is 12.4. The summed E-state index contributed by atoms with van der Waals surface area (Å²) in [6.45, 7) is 1.55. The second-order valence-corrected chi connectivity index (χ2v) is 5.45. The van der Waals surface area contributed by atoms with Gasteiger partial charge < -0.3 is 10.2 Å². The lowest BCUT2D eigenvalue weighted by Crippen LogP contribution is -2.26. The SMILES string of the molecule is N#Cc1nccnc1NC1CCN(c2ccc(F)c(Cl)c2)C1. The molecule has 7 heteroatoms. The lowest BCUT2D eigenvalue weighted by atomic mass is 10.2. The molecule has 1 aliphatic rings. The number of nitriles is 1. The third kappa shape index (κ3) is 2.95. The molecular formula is C15H13ClFN5. The van der Waals surface area contributed by atoms with Gasteiger partial charge in [0, 0.05) is 37.2 Å². The number of rotatable bonds is 3. The van der Waals surface area contributed by atoms with Gasteiger partial charge in [0.1, 0.15) is 11.9 Å². The number of nitrogens with one attached hydrogen (secondary N) is 1. The van der Waals surface area contributed by atoms with Crippen molar-refractivity contribution in [3.05, 3.63) is 47.1 Å². The van der Waals surface area contributed by atoms with E-state index in [9.17, 15) is 4.39 Å². The van der Waals surface area contributed by atoms with Gasteiger partial charge in [0.2, 0.25) is 0 Å². The molecule has 1 N–H and O–H groups in total. The van der Waals surface area contributed by atoms with Crippen molar-refractivity contribution in [2.45, 2.75) is 12.5 Å². The smallest absolute Gasteiger partial charge is 0.182 e. The van der Waals surface area contributed by atoms with Crippen LogP contribution in [0.15, 0.2) is 30.6 Å². The van der Waals surface area contributed by atoms with E-state index in [1.165, 1.54) is 12.3 Å². The van der Waals surface area contributed by atoms with Crippen LogP contribution in [0.1, 0.15) is 12.1 Å². The van der Waals surface area contributed by atoms with Gasteiger partial charge in [0.15, 0.2) is 11.5 Å². The Morgan fingerprint density at radius 1 is 1.36 bits per heavy atom. The number of nitrogens with zero attached hydrogens (tertiary/aromatic N) is 4. The Labute approximate surface area is 132 Å². The highest BCUT2D eigenvalue weighted by Crippen LogP contribution is 2.26. The standard InChI is InChI=1S/C15H13ClFN5/c16-12-7-11(1-2-13(12)17)22-6-3-10(9-22)21-15-14(8-18)19-4-5-20-15/h1-2,4-5,7,10H,3,6,9H2,(H,20,21). The number of benzene rings is 1. The molecule has 0 bridgehead atoms. The van der Waals surface area contributed by atoms with Crippen LogP contribution in [0.3, 0.4) is 0 Å². The zero-order chi connectivity index (χ0) is 15.5. The van der Waals surface area contributed by atoms with Crippen LogP contribution in [-0.2, 0) is 0 Å². The maximum Gasteiger partial charge on any atom is 0.182 e. The van der Waals surface area contributed by atoms with Crippen molar-refractivity contribution in [1.82, 2.24) is 9.97 Å². The molecule has 1 fully saturated rings. The summed E-state index contributed by atoms with van der Waals surface area (Å²) in [5.74, 6) is 0.0755. The molecule has 0 aliphatic carbocycles. The molecule has 1 aromatic carbocycles. The summed E-state index contributed by atoms with van der Waals surface area (Å²) in [6, 6.07) is 6.88. The van der Waals surface area contributed by atoms with E-state index in [0.717, 1.165) is 25.2 Å². The highest BCUT2D eigenvalue weighted by Gasteiger charge is 2.24. The van der Waals surface area contributed by atoms with E-state index in [2.05, 4.69) is 20.2 Å². The van der Waals surface area contributed by atoms with Gasteiger partial charge in [0.25, 0.3) is 0 Å². The summed E-state index contributed by atoms with van der Waals surface area (Å²) in [4.78, 5) is 10.2. The molecule has 5 nitrogen and oxygen atoms in total. The topological polar surface area (TPSA) is 64.8 Å². The predicted molar refractivity (Wildman–Crippen MR) is 82.4 cm³/mol. The first-order chi connectivity index (χ1) is 10.7. The molecule has 0 saturated carbocycles. The molecule has 0 spiro atoms. The maximum atomic E-state index is 13.2. The molecule has 0 radical (unpaired) electrons. The van der Waals surface area contributed by atoms with Gasteiger partial charge >= 0.3 is 0 Å². The Morgan fingerprint density at radius 3 is 2.95 bits per heavy atom. The van der Waals surface area contributed by atoms with Crippen molar-refractivity contribution in [1.29, 1.82) is 5.26 Å². The van der Waals surface area contributed by atoms with Crippen LogP contribution in [0, 0.1) is 17.1 Å². The predicted octanol–water partition coefficient (Wildman–Crippen LogP) is 2.83. The highest BCUT2D eigenvalue weighted by atomic mass is 35.5. The van der Waals surface area contributed by atoms with E-state index < -0.39 is 5.82 Å². The monoisotopic (exact) mass is 317 g/mol. The summed E-state index contributed by atoms with van der Waals surface area (Å²) in [5, 5.41) is 12.4. The Hall–Kier alpha value is -2.39. The minimum Gasteiger partial charge on any atom is -0.369 e. The minimum absolute atomic E-state index is 0.120. The van der Waals surface area contributed by atoms with E-state index in [-0.39, 0.29) is 16.8 Å². The first kappa shape index (κ1) is 14.5. The molecule has 112 valence electrons. The van der Waals surface area contributed by atoms with Crippen LogP contribution >= 0.6 is 11.6 Å². The molecule has 1 saturated heterocycles. The third-order valence-electron chi connectivity index (χ3n) is 3.60. The minimum atomic E-state index is -0.419. The fraction of sp³-hybridized carbons (Fsp3) is 0.267. The molecule has 1 aromatic heterocycles. The van der Waals surface area contributed by atoms with Crippen molar-refractivity contribution in [2.75, 3.05) is 23.3 Å². The first-order valence-corrected chi connectivity index (χ1v) is 7.23. The van der Waals surface area contributed by atoms with E-state index >= 15 is 0 Å². The van der Waals surface area contributed by atoms with E-state index in [0.29, 0.717) is 5.82 Å². The van der Waals surface area contributed by atoms with E-state index in [1.807, 2.05) is 6.07 Å². The number of anilines is 2. The van der Waals surface area contributed by atoms with Gasteiger partial charge in [-0.2, -0.15) is 5.26 Å². The Balaban J connectivity index is 1.70. The summed E-state index contributed by atoms with van der Waals surface area (Å²) in [6.07, 6.45) is 3.93. The van der Waals surface area contributed by atoms with Crippen molar-refractivity contribution in [3.63, 3.8) is 0 Å². The number of halogens is 2. The van der Waals surface area contributed by atoms with E-state index in [4.69, 9.17) is 16.9 Å². The van der Waals surface area contributed by atoms with Gasteiger partial charge in [-0.05, 0) is 24.6 Å². The molecule has 1 unspecified atom stereocenters. The van der Waals surface area contributed by atoms with Gasteiger partial charge in [-0.25, -0.2) is 14.4 Å². The third-order valence-corrected chi connectivity index (χ3v) is 3.89. The lowest BCUT2D eigenvalue weighted by molar-refractivity contribution is 0.628. The van der Waals surface area contributed by atoms with Crippen LogP contribution in [0.4, 0.5) is 15.9 Å². The van der Waals surface area contributed by atoms with Crippen molar-refractivity contribution in [2.24, 2.45) is 0 Å². The molecule has 1 aliphatic heterocycles. The van der Waals surface area contributed by atoms with Crippen LogP contribution < -0.4 is 10.2 Å². The van der Waals surface area contributed by atoms with Crippen LogP contribution in [-0.4, -0.2) is 29.1 Å². The van der Waals surface area contributed by atoms with Crippen LogP contribution in [0.2, 0.25) is 5.02 Å². The fourth-order valence-electron chi connectivity index (χ4n) is 2.51. The van der Waals surface area contributed by atoms with E-state index in [1.54, 1.807) is 18.3 Å².